The Morgan fingerprint density at radius 1 is 1.48 bits per heavy atom. The number of amides is 1. The van der Waals surface area contributed by atoms with E-state index in [1.165, 1.54) is 5.56 Å². The first-order valence-corrected chi connectivity index (χ1v) is 9.29. The van der Waals surface area contributed by atoms with Crippen LogP contribution >= 0.6 is 11.8 Å². The number of imidazole rings is 1. The third kappa shape index (κ3) is 4.26. The van der Waals surface area contributed by atoms with E-state index in [0.717, 1.165) is 36.6 Å². The lowest BCUT2D eigenvalue weighted by molar-refractivity contribution is -0.119. The fourth-order valence-corrected chi connectivity index (χ4v) is 3.67. The predicted molar refractivity (Wildman–Crippen MR) is 94.7 cm³/mol. The zero-order valence-corrected chi connectivity index (χ0v) is 14.5. The van der Waals surface area contributed by atoms with Crippen LogP contribution in [0.1, 0.15) is 24.6 Å². The van der Waals surface area contributed by atoms with Crippen molar-refractivity contribution in [2.45, 2.75) is 32.1 Å². The van der Waals surface area contributed by atoms with Gasteiger partial charge in [-0.2, -0.15) is 0 Å². The lowest BCUT2D eigenvalue weighted by atomic mass is 9.95. The summed E-state index contributed by atoms with van der Waals surface area (Å²) in [6.45, 7) is 6.23. The molecule has 0 aliphatic carbocycles. The molecule has 0 spiro atoms. The highest BCUT2D eigenvalue weighted by molar-refractivity contribution is 7.99. The molecule has 1 fully saturated rings. The molecule has 2 unspecified atom stereocenters. The predicted octanol–water partition coefficient (Wildman–Crippen LogP) is 1.99. The molecular formula is C17H24N4OS. The zero-order valence-electron chi connectivity index (χ0n) is 13.7. The molecule has 3 rings (SSSR count). The maximum absolute atomic E-state index is 12.1. The molecule has 5 nitrogen and oxygen atoms in total. The van der Waals surface area contributed by atoms with E-state index in [-0.39, 0.29) is 5.91 Å². The molecule has 2 aromatic heterocycles. The summed E-state index contributed by atoms with van der Waals surface area (Å²) in [5.41, 5.74) is 3.19. The molecule has 1 aliphatic rings. The Morgan fingerprint density at radius 2 is 2.35 bits per heavy atom. The molecule has 1 aliphatic heterocycles. The van der Waals surface area contributed by atoms with Crippen molar-refractivity contribution >= 4 is 23.3 Å². The summed E-state index contributed by atoms with van der Waals surface area (Å²) >= 11 is 1.62. The van der Waals surface area contributed by atoms with Crippen molar-refractivity contribution in [1.82, 2.24) is 20.0 Å². The smallest absolute Gasteiger partial charge is 0.230 e. The Kier molecular flexibility index (Phi) is 5.23. The van der Waals surface area contributed by atoms with Gasteiger partial charge in [0, 0.05) is 24.2 Å². The Labute approximate surface area is 141 Å². The summed E-state index contributed by atoms with van der Waals surface area (Å²) in [5, 5.41) is 6.52. The van der Waals surface area contributed by atoms with Crippen LogP contribution in [0.2, 0.25) is 0 Å². The zero-order chi connectivity index (χ0) is 16.2. The van der Waals surface area contributed by atoms with E-state index < -0.39 is 0 Å². The van der Waals surface area contributed by atoms with Crippen molar-refractivity contribution in [2.24, 2.45) is 5.92 Å². The molecule has 0 bridgehead atoms. The van der Waals surface area contributed by atoms with Crippen LogP contribution < -0.4 is 10.6 Å². The minimum atomic E-state index is 0.133. The van der Waals surface area contributed by atoms with Crippen LogP contribution in [0.15, 0.2) is 24.5 Å². The number of carbonyl (C=O) groups is 1. The second-order valence-corrected chi connectivity index (χ2v) is 7.33. The van der Waals surface area contributed by atoms with Crippen LogP contribution in [0.25, 0.3) is 5.65 Å². The fraction of sp³-hybridized carbons (Fsp3) is 0.529. The number of hydrogen-bond acceptors (Lipinski definition) is 4. The van der Waals surface area contributed by atoms with Gasteiger partial charge < -0.3 is 15.0 Å². The number of pyridine rings is 1. The average molecular weight is 332 g/mol. The van der Waals surface area contributed by atoms with Crippen LogP contribution in [-0.2, 0) is 10.5 Å². The minimum absolute atomic E-state index is 0.133. The number of piperidine rings is 1. The molecular weight excluding hydrogens is 308 g/mol. The van der Waals surface area contributed by atoms with Gasteiger partial charge in [-0.25, -0.2) is 4.98 Å². The summed E-state index contributed by atoms with van der Waals surface area (Å²) in [4.78, 5) is 16.7. The summed E-state index contributed by atoms with van der Waals surface area (Å²) in [5.74, 6) is 1.88. The highest BCUT2D eigenvalue weighted by Gasteiger charge is 2.22. The van der Waals surface area contributed by atoms with E-state index in [0.29, 0.717) is 17.7 Å². The Hall–Kier alpha value is -1.53. The lowest BCUT2D eigenvalue weighted by Gasteiger charge is -2.30. The number of thioether (sulfide) groups is 1. The van der Waals surface area contributed by atoms with E-state index in [9.17, 15) is 4.79 Å². The number of rotatable bonds is 5. The number of hydrogen-bond donors (Lipinski definition) is 2. The van der Waals surface area contributed by atoms with Crippen LogP contribution in [0.3, 0.4) is 0 Å². The van der Waals surface area contributed by atoms with Crippen molar-refractivity contribution in [3.8, 4) is 0 Å². The molecule has 2 N–H and O–H groups in total. The van der Waals surface area contributed by atoms with Crippen molar-refractivity contribution in [3.63, 3.8) is 0 Å². The highest BCUT2D eigenvalue weighted by atomic mass is 32.2. The van der Waals surface area contributed by atoms with Crippen molar-refractivity contribution < 1.29 is 4.79 Å². The Bertz CT molecular complexity index is 684. The van der Waals surface area contributed by atoms with Crippen LogP contribution in [0.4, 0.5) is 0 Å². The molecule has 0 radical (unpaired) electrons. The number of aromatic nitrogens is 2. The molecule has 3 heterocycles. The van der Waals surface area contributed by atoms with E-state index in [1.807, 2.05) is 16.7 Å². The number of aryl methyl sites for hydroxylation is 1. The maximum atomic E-state index is 12.1. The van der Waals surface area contributed by atoms with Gasteiger partial charge in [-0.1, -0.05) is 13.0 Å². The van der Waals surface area contributed by atoms with E-state index in [2.05, 4.69) is 41.7 Å². The lowest BCUT2D eigenvalue weighted by Crippen LogP contribution is -2.48. The van der Waals surface area contributed by atoms with Crippen molar-refractivity contribution in [3.05, 3.63) is 35.8 Å². The normalized spacial score (nSPS) is 21.5. The first kappa shape index (κ1) is 16.3. The average Bonchev–Trinajstić information content (AvgIpc) is 2.91. The SMILES string of the molecule is Cc1ccc2nc(CSCC(=O)NC3CCNCC3C)cn2c1. The summed E-state index contributed by atoms with van der Waals surface area (Å²) in [7, 11) is 0. The Balaban J connectivity index is 1.47. The maximum Gasteiger partial charge on any atom is 0.230 e. The molecule has 0 saturated carbocycles. The Morgan fingerprint density at radius 3 is 3.17 bits per heavy atom. The van der Waals surface area contributed by atoms with Gasteiger partial charge in [0.05, 0.1) is 11.4 Å². The first-order valence-electron chi connectivity index (χ1n) is 8.14. The van der Waals surface area contributed by atoms with Gasteiger partial charge in [0.25, 0.3) is 0 Å². The molecule has 2 atom stereocenters. The fourth-order valence-electron chi connectivity index (χ4n) is 2.95. The standard InChI is InChI=1S/C17H24N4OS/c1-12-3-4-16-19-14(9-21(16)8-12)10-23-11-17(22)20-15-5-6-18-7-13(15)2/h3-4,8-9,13,15,18H,5-7,10-11H2,1-2H3,(H,20,22). The second kappa shape index (κ2) is 7.36. The van der Waals surface area contributed by atoms with Crippen molar-refractivity contribution in [1.29, 1.82) is 0 Å². The quantitative estimate of drug-likeness (QED) is 0.879. The molecule has 124 valence electrons. The van der Waals surface area contributed by atoms with Gasteiger partial charge in [-0.15, -0.1) is 11.8 Å². The molecule has 0 aromatic carbocycles. The third-order valence-corrected chi connectivity index (χ3v) is 5.23. The molecule has 1 amide bonds. The molecule has 2 aromatic rings. The second-order valence-electron chi connectivity index (χ2n) is 6.34. The minimum Gasteiger partial charge on any atom is -0.352 e. The van der Waals surface area contributed by atoms with Gasteiger partial charge in [-0.05, 0) is 44.0 Å². The molecule has 1 saturated heterocycles. The topological polar surface area (TPSA) is 58.4 Å². The van der Waals surface area contributed by atoms with Gasteiger partial charge in [0.1, 0.15) is 5.65 Å². The first-order chi connectivity index (χ1) is 11.1. The molecule has 23 heavy (non-hydrogen) atoms. The highest BCUT2D eigenvalue weighted by Crippen LogP contribution is 2.15. The van der Waals surface area contributed by atoms with E-state index in [1.54, 1.807) is 11.8 Å². The van der Waals surface area contributed by atoms with E-state index >= 15 is 0 Å². The largest absolute Gasteiger partial charge is 0.352 e. The van der Waals surface area contributed by atoms with Gasteiger partial charge in [0.15, 0.2) is 0 Å². The van der Waals surface area contributed by atoms with Crippen LogP contribution in [0, 0.1) is 12.8 Å². The van der Waals surface area contributed by atoms with Gasteiger partial charge in [0.2, 0.25) is 5.91 Å². The number of nitrogens with one attached hydrogen (secondary N) is 2. The van der Waals surface area contributed by atoms with Gasteiger partial charge in [-0.3, -0.25) is 4.79 Å². The summed E-state index contributed by atoms with van der Waals surface area (Å²) < 4.78 is 2.04. The summed E-state index contributed by atoms with van der Waals surface area (Å²) in [6.07, 6.45) is 5.13. The van der Waals surface area contributed by atoms with Gasteiger partial charge >= 0.3 is 0 Å². The van der Waals surface area contributed by atoms with Crippen molar-refractivity contribution in [2.75, 3.05) is 18.8 Å². The number of nitrogens with zero attached hydrogens (tertiary/aromatic N) is 2. The monoisotopic (exact) mass is 332 g/mol. The third-order valence-electron chi connectivity index (χ3n) is 4.26. The van der Waals surface area contributed by atoms with Crippen LogP contribution in [-0.4, -0.2) is 40.2 Å². The number of fused-ring (bicyclic) bond motifs is 1. The van der Waals surface area contributed by atoms with Crippen LogP contribution in [0.5, 0.6) is 0 Å². The molecule has 6 heteroatoms. The van der Waals surface area contributed by atoms with E-state index in [4.69, 9.17) is 0 Å². The summed E-state index contributed by atoms with van der Waals surface area (Å²) in [6, 6.07) is 4.39. The number of carbonyl (C=O) groups excluding carboxylic acids is 1.